The van der Waals surface area contributed by atoms with E-state index in [0.717, 1.165) is 70.7 Å². The molecule has 2 heterocycles. The summed E-state index contributed by atoms with van der Waals surface area (Å²) in [5, 5.41) is 6.71. The number of morpholine rings is 1. The molecule has 0 radical (unpaired) electrons. The number of aromatic nitrogens is 1. The summed E-state index contributed by atoms with van der Waals surface area (Å²) >= 11 is 0. The second-order valence-corrected chi connectivity index (χ2v) is 6.26. The van der Waals surface area contributed by atoms with Gasteiger partial charge in [-0.05, 0) is 18.9 Å². The number of halogens is 1. The fourth-order valence-electron chi connectivity index (χ4n) is 2.76. The van der Waals surface area contributed by atoms with Crippen molar-refractivity contribution in [2.75, 3.05) is 58.0 Å². The molecule has 1 aromatic heterocycles. The lowest BCUT2D eigenvalue weighted by Crippen LogP contribution is -2.39. The van der Waals surface area contributed by atoms with Crippen LogP contribution in [0.4, 0.5) is 5.82 Å². The van der Waals surface area contributed by atoms with Crippen molar-refractivity contribution in [2.24, 2.45) is 4.99 Å². The minimum atomic E-state index is 0. The number of hydrogen-bond donors (Lipinski definition) is 2. The minimum Gasteiger partial charge on any atom is -0.381 e. The van der Waals surface area contributed by atoms with E-state index in [1.54, 1.807) is 7.05 Å². The fourth-order valence-corrected chi connectivity index (χ4v) is 2.76. The van der Waals surface area contributed by atoms with Crippen LogP contribution in [0.2, 0.25) is 0 Å². The van der Waals surface area contributed by atoms with Crippen molar-refractivity contribution >= 4 is 35.8 Å². The third-order valence-electron chi connectivity index (χ3n) is 4.25. The molecule has 1 aliphatic heterocycles. The molecule has 0 atom stereocenters. The van der Waals surface area contributed by atoms with Gasteiger partial charge in [0.25, 0.3) is 0 Å². The van der Waals surface area contributed by atoms with E-state index in [-0.39, 0.29) is 24.0 Å². The Kier molecular flexibility index (Phi) is 13.2. The van der Waals surface area contributed by atoms with E-state index in [1.165, 1.54) is 12.0 Å². The largest absolute Gasteiger partial charge is 0.381 e. The van der Waals surface area contributed by atoms with Crippen LogP contribution in [0.15, 0.2) is 23.3 Å². The van der Waals surface area contributed by atoms with Crippen molar-refractivity contribution in [3.8, 4) is 0 Å². The molecule has 2 rings (SSSR count). The van der Waals surface area contributed by atoms with E-state index in [2.05, 4.69) is 38.5 Å². The van der Waals surface area contributed by atoms with Crippen LogP contribution in [0.25, 0.3) is 0 Å². The summed E-state index contributed by atoms with van der Waals surface area (Å²) in [5.41, 5.74) is 1.17. The summed E-state index contributed by atoms with van der Waals surface area (Å²) in [6, 6.07) is 4.09. The Hall–Kier alpha value is -1.13. The number of unbranched alkanes of at least 4 members (excludes halogenated alkanes) is 1. The predicted molar refractivity (Wildman–Crippen MR) is 121 cm³/mol. The van der Waals surface area contributed by atoms with E-state index in [9.17, 15) is 0 Å². The number of guanidine groups is 1. The first-order valence-electron chi connectivity index (χ1n) is 9.64. The molecule has 1 aromatic rings. The van der Waals surface area contributed by atoms with Crippen LogP contribution in [0.1, 0.15) is 31.7 Å². The molecular formula is C19H34IN5O2. The molecule has 0 aliphatic carbocycles. The van der Waals surface area contributed by atoms with Gasteiger partial charge in [0.05, 0.1) is 13.2 Å². The fraction of sp³-hybridized carbons (Fsp3) is 0.684. The third-order valence-corrected chi connectivity index (χ3v) is 4.25. The van der Waals surface area contributed by atoms with Crippen molar-refractivity contribution in [3.05, 3.63) is 23.9 Å². The molecule has 27 heavy (non-hydrogen) atoms. The molecular weight excluding hydrogens is 457 g/mol. The highest BCUT2D eigenvalue weighted by Gasteiger charge is 2.15. The molecule has 0 unspecified atom stereocenters. The quantitative estimate of drug-likeness (QED) is 0.227. The zero-order chi connectivity index (χ0) is 18.5. The summed E-state index contributed by atoms with van der Waals surface area (Å²) in [6.45, 7) is 8.63. The molecule has 0 amide bonds. The smallest absolute Gasteiger partial charge is 0.191 e. The Labute approximate surface area is 180 Å². The van der Waals surface area contributed by atoms with Crippen molar-refractivity contribution in [2.45, 2.75) is 32.7 Å². The maximum Gasteiger partial charge on any atom is 0.191 e. The number of nitrogens with zero attached hydrogens (tertiary/aromatic N) is 3. The van der Waals surface area contributed by atoms with E-state index in [4.69, 9.17) is 9.47 Å². The van der Waals surface area contributed by atoms with Gasteiger partial charge in [0.2, 0.25) is 0 Å². The summed E-state index contributed by atoms with van der Waals surface area (Å²) in [4.78, 5) is 11.1. The molecule has 2 N–H and O–H groups in total. The Balaban J connectivity index is 0.00000364. The summed E-state index contributed by atoms with van der Waals surface area (Å²) in [7, 11) is 1.79. The highest BCUT2D eigenvalue weighted by Crippen LogP contribution is 2.18. The van der Waals surface area contributed by atoms with Crippen molar-refractivity contribution in [3.63, 3.8) is 0 Å². The number of anilines is 1. The summed E-state index contributed by atoms with van der Waals surface area (Å²) in [6.07, 6.45) is 5.12. The maximum absolute atomic E-state index is 5.58. The number of aliphatic imine (C=N–C) groups is 1. The summed E-state index contributed by atoms with van der Waals surface area (Å²) < 4.78 is 11.0. The summed E-state index contributed by atoms with van der Waals surface area (Å²) in [5.74, 6) is 1.83. The molecule has 8 heteroatoms. The Morgan fingerprint density at radius 3 is 2.78 bits per heavy atom. The van der Waals surface area contributed by atoms with Crippen LogP contribution >= 0.6 is 24.0 Å². The van der Waals surface area contributed by atoms with E-state index in [1.807, 2.05) is 12.3 Å². The van der Waals surface area contributed by atoms with Gasteiger partial charge in [0.1, 0.15) is 5.82 Å². The molecule has 7 nitrogen and oxygen atoms in total. The predicted octanol–water partition coefficient (Wildman–Crippen LogP) is 2.41. The maximum atomic E-state index is 5.58. The highest BCUT2D eigenvalue weighted by atomic mass is 127. The standard InChI is InChI=1S/C19H33N5O2.HI/c1-3-4-12-25-13-6-9-22-19(20-2)23-16-17-7-5-8-21-18(17)24-10-14-26-15-11-24;/h5,7-8H,3-4,6,9-16H2,1-2H3,(H2,20,22,23);1H. The van der Waals surface area contributed by atoms with Gasteiger partial charge in [0.15, 0.2) is 5.96 Å². The van der Waals surface area contributed by atoms with E-state index in [0.29, 0.717) is 6.54 Å². The zero-order valence-corrected chi connectivity index (χ0v) is 18.9. The Bertz CT molecular complexity index is 539. The molecule has 1 saturated heterocycles. The van der Waals surface area contributed by atoms with Crippen LogP contribution in [-0.4, -0.2) is 64.1 Å². The molecule has 0 aromatic carbocycles. The lowest BCUT2D eigenvalue weighted by Gasteiger charge is -2.29. The number of rotatable bonds is 10. The first-order valence-corrected chi connectivity index (χ1v) is 9.64. The van der Waals surface area contributed by atoms with Gasteiger partial charge < -0.3 is 25.0 Å². The number of hydrogen-bond acceptors (Lipinski definition) is 5. The number of ether oxygens (including phenoxy) is 2. The van der Waals surface area contributed by atoms with Gasteiger partial charge >= 0.3 is 0 Å². The monoisotopic (exact) mass is 491 g/mol. The second kappa shape index (κ2) is 14.9. The van der Waals surface area contributed by atoms with Gasteiger partial charge in [0, 0.05) is 58.2 Å². The molecule has 0 bridgehead atoms. The SMILES string of the molecule is CCCCOCCCNC(=NC)NCc1cccnc1N1CCOCC1.I. The first-order chi connectivity index (χ1) is 12.8. The average Bonchev–Trinajstić information content (AvgIpc) is 2.70. The van der Waals surface area contributed by atoms with E-state index < -0.39 is 0 Å². The van der Waals surface area contributed by atoms with Crippen LogP contribution in [0, 0.1) is 0 Å². The van der Waals surface area contributed by atoms with Crippen LogP contribution in [0.3, 0.4) is 0 Å². The Morgan fingerprint density at radius 2 is 2.04 bits per heavy atom. The zero-order valence-electron chi connectivity index (χ0n) is 16.6. The van der Waals surface area contributed by atoms with E-state index >= 15 is 0 Å². The Morgan fingerprint density at radius 1 is 1.26 bits per heavy atom. The molecule has 1 aliphatic rings. The lowest BCUT2D eigenvalue weighted by atomic mass is 10.2. The molecule has 0 saturated carbocycles. The highest BCUT2D eigenvalue weighted by molar-refractivity contribution is 14.0. The first kappa shape index (κ1) is 23.9. The van der Waals surface area contributed by atoms with Gasteiger partial charge in [-0.2, -0.15) is 0 Å². The molecule has 1 fully saturated rings. The average molecular weight is 491 g/mol. The number of nitrogens with one attached hydrogen (secondary N) is 2. The van der Waals surface area contributed by atoms with Crippen LogP contribution in [0.5, 0.6) is 0 Å². The number of pyridine rings is 1. The van der Waals surface area contributed by atoms with Crippen molar-refractivity contribution < 1.29 is 9.47 Å². The molecule has 154 valence electrons. The third kappa shape index (κ3) is 9.07. The van der Waals surface area contributed by atoms with Gasteiger partial charge in [-0.1, -0.05) is 19.4 Å². The van der Waals surface area contributed by atoms with Crippen molar-refractivity contribution in [1.82, 2.24) is 15.6 Å². The van der Waals surface area contributed by atoms with Crippen LogP contribution in [-0.2, 0) is 16.0 Å². The second-order valence-electron chi connectivity index (χ2n) is 6.26. The van der Waals surface area contributed by atoms with Gasteiger partial charge in [-0.15, -0.1) is 24.0 Å². The van der Waals surface area contributed by atoms with Gasteiger partial charge in [-0.25, -0.2) is 4.98 Å². The minimum absolute atomic E-state index is 0. The normalized spacial score (nSPS) is 14.6. The van der Waals surface area contributed by atoms with Crippen LogP contribution < -0.4 is 15.5 Å². The molecule has 0 spiro atoms. The lowest BCUT2D eigenvalue weighted by molar-refractivity contribution is 0.122. The van der Waals surface area contributed by atoms with Crippen molar-refractivity contribution in [1.29, 1.82) is 0 Å². The topological polar surface area (TPSA) is 71.0 Å². The van der Waals surface area contributed by atoms with Gasteiger partial charge in [-0.3, -0.25) is 4.99 Å².